The average Bonchev–Trinajstić information content (AvgIpc) is 3.28. The minimum atomic E-state index is 0.400. The van der Waals surface area contributed by atoms with E-state index in [1.54, 1.807) is 0 Å². The van der Waals surface area contributed by atoms with E-state index in [4.69, 9.17) is 4.74 Å². The van der Waals surface area contributed by atoms with Gasteiger partial charge < -0.3 is 15.0 Å². The predicted molar refractivity (Wildman–Crippen MR) is 90.3 cm³/mol. The zero-order chi connectivity index (χ0) is 15.4. The largest absolute Gasteiger partial charge is 0.381 e. The molecule has 3 aliphatic rings. The quantitative estimate of drug-likeness (QED) is 0.632. The highest BCUT2D eigenvalue weighted by Gasteiger charge is 2.42. The monoisotopic (exact) mass is 308 g/mol. The fourth-order valence-electron chi connectivity index (χ4n) is 4.27. The van der Waals surface area contributed by atoms with Gasteiger partial charge in [-0.3, -0.25) is 9.89 Å². The van der Waals surface area contributed by atoms with Gasteiger partial charge >= 0.3 is 0 Å². The first-order valence-electron chi connectivity index (χ1n) is 9.04. The van der Waals surface area contributed by atoms with E-state index in [1.165, 1.54) is 45.2 Å². The van der Waals surface area contributed by atoms with Crippen LogP contribution in [0.4, 0.5) is 0 Å². The number of nitrogens with one attached hydrogen (secondary N) is 1. The van der Waals surface area contributed by atoms with Crippen LogP contribution in [0.2, 0.25) is 0 Å². The third kappa shape index (κ3) is 3.40. The van der Waals surface area contributed by atoms with E-state index >= 15 is 0 Å². The summed E-state index contributed by atoms with van der Waals surface area (Å²) in [5.74, 6) is 1.08. The molecule has 3 rings (SSSR count). The highest BCUT2D eigenvalue weighted by Crippen LogP contribution is 2.38. The van der Waals surface area contributed by atoms with Gasteiger partial charge in [0.1, 0.15) is 0 Å². The van der Waals surface area contributed by atoms with Crippen molar-refractivity contribution >= 4 is 5.96 Å². The lowest BCUT2D eigenvalue weighted by atomic mass is 9.87. The van der Waals surface area contributed by atoms with E-state index in [9.17, 15) is 0 Å². The van der Waals surface area contributed by atoms with Crippen LogP contribution in [0.1, 0.15) is 39.0 Å². The molecule has 2 unspecified atom stereocenters. The van der Waals surface area contributed by atoms with Crippen molar-refractivity contribution in [3.05, 3.63) is 0 Å². The summed E-state index contributed by atoms with van der Waals surface area (Å²) >= 11 is 0. The van der Waals surface area contributed by atoms with E-state index < -0.39 is 0 Å². The smallest absolute Gasteiger partial charge is 0.193 e. The predicted octanol–water partition coefficient (Wildman–Crippen LogP) is 1.55. The molecule has 3 heterocycles. The molecule has 0 aliphatic carbocycles. The molecule has 5 heteroatoms. The van der Waals surface area contributed by atoms with Crippen molar-refractivity contribution in [2.24, 2.45) is 10.4 Å². The van der Waals surface area contributed by atoms with Gasteiger partial charge in [-0.05, 0) is 45.2 Å². The first-order chi connectivity index (χ1) is 10.8. The molecule has 3 aliphatic heterocycles. The Morgan fingerprint density at radius 3 is 2.73 bits per heavy atom. The van der Waals surface area contributed by atoms with Gasteiger partial charge in [-0.2, -0.15) is 0 Å². The van der Waals surface area contributed by atoms with Gasteiger partial charge in [-0.15, -0.1) is 0 Å². The maximum Gasteiger partial charge on any atom is 0.193 e. The summed E-state index contributed by atoms with van der Waals surface area (Å²) in [5.41, 5.74) is 0.400. The molecule has 3 saturated heterocycles. The van der Waals surface area contributed by atoms with Crippen LogP contribution in [0, 0.1) is 5.41 Å². The van der Waals surface area contributed by atoms with Crippen LogP contribution in [-0.4, -0.2) is 74.8 Å². The number of hydrogen-bond acceptors (Lipinski definition) is 3. The minimum absolute atomic E-state index is 0.400. The van der Waals surface area contributed by atoms with Gasteiger partial charge in [0.05, 0.1) is 6.61 Å². The average molecular weight is 308 g/mol. The summed E-state index contributed by atoms with van der Waals surface area (Å²) in [5, 5.41) is 3.64. The van der Waals surface area contributed by atoms with Gasteiger partial charge in [-0.25, -0.2) is 0 Å². The van der Waals surface area contributed by atoms with E-state index in [0.717, 1.165) is 38.8 Å². The maximum absolute atomic E-state index is 5.63. The lowest BCUT2D eigenvalue weighted by molar-refractivity contribution is 0.156. The van der Waals surface area contributed by atoms with Crippen LogP contribution in [0.25, 0.3) is 0 Å². The minimum Gasteiger partial charge on any atom is -0.381 e. The first kappa shape index (κ1) is 16.1. The second kappa shape index (κ2) is 7.18. The van der Waals surface area contributed by atoms with Gasteiger partial charge in [-0.1, -0.05) is 6.92 Å². The summed E-state index contributed by atoms with van der Waals surface area (Å²) in [7, 11) is 1.91. The molecule has 0 radical (unpaired) electrons. The van der Waals surface area contributed by atoms with Crippen molar-refractivity contribution in [3.8, 4) is 0 Å². The van der Waals surface area contributed by atoms with Gasteiger partial charge in [0, 0.05) is 44.7 Å². The Kier molecular flexibility index (Phi) is 5.24. The van der Waals surface area contributed by atoms with E-state index in [0.29, 0.717) is 11.5 Å². The number of aliphatic imine (C=N–C) groups is 1. The van der Waals surface area contributed by atoms with Crippen molar-refractivity contribution < 1.29 is 4.74 Å². The van der Waals surface area contributed by atoms with Crippen molar-refractivity contribution in [1.82, 2.24) is 15.1 Å². The molecule has 5 nitrogen and oxygen atoms in total. The van der Waals surface area contributed by atoms with Gasteiger partial charge in [0.2, 0.25) is 0 Å². The van der Waals surface area contributed by atoms with E-state index in [2.05, 4.69) is 27.0 Å². The summed E-state index contributed by atoms with van der Waals surface area (Å²) in [4.78, 5) is 9.60. The molecule has 22 heavy (non-hydrogen) atoms. The Balaban J connectivity index is 1.51. The molecule has 0 amide bonds. The number of hydrogen-bond donors (Lipinski definition) is 1. The Bertz CT molecular complexity index is 386. The standard InChI is InChI=1S/C17H32N4O/c1-3-15(20-8-4-5-9-20)12-19-16(18-2)21-10-6-17(13-21)7-11-22-14-17/h15H,3-14H2,1-2H3,(H,18,19). The Morgan fingerprint density at radius 2 is 2.09 bits per heavy atom. The normalized spacial score (nSPS) is 31.4. The van der Waals surface area contributed by atoms with Crippen LogP contribution in [0.5, 0.6) is 0 Å². The third-order valence-electron chi connectivity index (χ3n) is 5.76. The fourth-order valence-corrected chi connectivity index (χ4v) is 4.27. The van der Waals surface area contributed by atoms with Crippen molar-refractivity contribution in [3.63, 3.8) is 0 Å². The molecule has 2 atom stereocenters. The fraction of sp³-hybridized carbons (Fsp3) is 0.941. The molecule has 3 fully saturated rings. The van der Waals surface area contributed by atoms with Crippen molar-refractivity contribution in [2.45, 2.75) is 45.1 Å². The number of rotatable bonds is 4. The maximum atomic E-state index is 5.63. The zero-order valence-corrected chi connectivity index (χ0v) is 14.3. The summed E-state index contributed by atoms with van der Waals surface area (Å²) in [6.07, 6.45) is 6.39. The number of guanidine groups is 1. The second-order valence-corrected chi connectivity index (χ2v) is 7.21. The zero-order valence-electron chi connectivity index (χ0n) is 14.3. The Labute approximate surface area is 135 Å². The number of nitrogens with zero attached hydrogens (tertiary/aromatic N) is 3. The second-order valence-electron chi connectivity index (χ2n) is 7.21. The van der Waals surface area contributed by atoms with Crippen molar-refractivity contribution in [2.75, 3.05) is 53.0 Å². The van der Waals surface area contributed by atoms with Crippen LogP contribution in [-0.2, 0) is 4.74 Å². The van der Waals surface area contributed by atoms with E-state index in [-0.39, 0.29) is 0 Å². The van der Waals surface area contributed by atoms with Crippen LogP contribution in [0.3, 0.4) is 0 Å². The molecular formula is C17H32N4O. The van der Waals surface area contributed by atoms with Crippen LogP contribution < -0.4 is 5.32 Å². The van der Waals surface area contributed by atoms with E-state index in [1.807, 2.05) is 7.05 Å². The molecule has 0 saturated carbocycles. The molecular weight excluding hydrogens is 276 g/mol. The third-order valence-corrected chi connectivity index (χ3v) is 5.76. The molecule has 0 aromatic heterocycles. The molecule has 0 aromatic carbocycles. The summed E-state index contributed by atoms with van der Waals surface area (Å²) in [6, 6.07) is 0.644. The van der Waals surface area contributed by atoms with Crippen LogP contribution in [0.15, 0.2) is 4.99 Å². The highest BCUT2D eigenvalue weighted by molar-refractivity contribution is 5.80. The first-order valence-corrected chi connectivity index (χ1v) is 9.04. The molecule has 1 N–H and O–H groups in total. The number of likely N-dealkylation sites (tertiary alicyclic amines) is 2. The molecule has 126 valence electrons. The molecule has 0 bridgehead atoms. The topological polar surface area (TPSA) is 40.1 Å². The lowest BCUT2D eigenvalue weighted by Gasteiger charge is -2.30. The molecule has 0 aromatic rings. The van der Waals surface area contributed by atoms with Gasteiger partial charge in [0.25, 0.3) is 0 Å². The molecule has 1 spiro atoms. The highest BCUT2D eigenvalue weighted by atomic mass is 16.5. The van der Waals surface area contributed by atoms with Gasteiger partial charge in [0.15, 0.2) is 5.96 Å². The summed E-state index contributed by atoms with van der Waals surface area (Å²) < 4.78 is 5.63. The SMILES string of the molecule is CCC(CNC(=NC)N1CCC2(CCOC2)C1)N1CCCC1. The summed E-state index contributed by atoms with van der Waals surface area (Å²) in [6.45, 7) is 9.94. The lowest BCUT2D eigenvalue weighted by Crippen LogP contribution is -2.47. The Hall–Kier alpha value is -0.810. The van der Waals surface area contributed by atoms with Crippen LogP contribution >= 0.6 is 0 Å². The van der Waals surface area contributed by atoms with Crippen molar-refractivity contribution in [1.29, 1.82) is 0 Å². The number of ether oxygens (including phenoxy) is 1. The Morgan fingerprint density at radius 1 is 1.27 bits per heavy atom.